The highest BCUT2D eigenvalue weighted by atomic mass is 16.5. The van der Waals surface area contributed by atoms with Crippen molar-refractivity contribution in [2.45, 2.75) is 33.1 Å². The zero-order valence-corrected chi connectivity index (χ0v) is 10.9. The zero-order valence-electron chi connectivity index (χ0n) is 10.9. The maximum Gasteiger partial charge on any atom is 0.225 e. The van der Waals surface area contributed by atoms with Gasteiger partial charge in [0.2, 0.25) is 5.91 Å². The fraction of sp³-hybridized carbons (Fsp3) is 0.500. The molecule has 0 radical (unpaired) electrons. The van der Waals surface area contributed by atoms with E-state index in [-0.39, 0.29) is 5.91 Å². The molecule has 0 aliphatic rings. The number of hydrogen-bond acceptors (Lipinski definition) is 2. The molecular weight excluding hydrogens is 214 g/mol. The summed E-state index contributed by atoms with van der Waals surface area (Å²) in [7, 11) is 1.60. The van der Waals surface area contributed by atoms with Crippen molar-refractivity contribution in [3.8, 4) is 0 Å². The molecule has 0 fully saturated rings. The van der Waals surface area contributed by atoms with Crippen molar-refractivity contribution >= 4 is 11.6 Å². The van der Waals surface area contributed by atoms with Crippen molar-refractivity contribution in [3.05, 3.63) is 29.8 Å². The summed E-state index contributed by atoms with van der Waals surface area (Å²) in [4.78, 5) is 13.3. The van der Waals surface area contributed by atoms with Crippen LogP contribution in [-0.4, -0.2) is 19.7 Å². The minimum absolute atomic E-state index is 0.01000. The lowest BCUT2D eigenvalue weighted by atomic mass is 10.1. The molecule has 0 bridgehead atoms. The van der Waals surface area contributed by atoms with E-state index in [2.05, 4.69) is 13.0 Å². The first-order valence-corrected chi connectivity index (χ1v) is 6.05. The lowest BCUT2D eigenvalue weighted by molar-refractivity contribution is -0.117. The fourth-order valence-electron chi connectivity index (χ4n) is 1.81. The summed E-state index contributed by atoms with van der Waals surface area (Å²) in [6.45, 7) is 4.04. The summed E-state index contributed by atoms with van der Waals surface area (Å²) in [6, 6.07) is 8.03. The smallest absolute Gasteiger partial charge is 0.225 e. The number of anilines is 1. The first-order valence-electron chi connectivity index (χ1n) is 6.05. The lowest BCUT2D eigenvalue weighted by Crippen LogP contribution is -2.31. The number of carbonyl (C=O) groups is 1. The highest BCUT2D eigenvalue weighted by Crippen LogP contribution is 2.22. The monoisotopic (exact) mass is 235 g/mol. The summed E-state index contributed by atoms with van der Waals surface area (Å²) >= 11 is 0. The van der Waals surface area contributed by atoms with Crippen LogP contribution in [0.25, 0.3) is 0 Å². The van der Waals surface area contributed by atoms with Gasteiger partial charge in [0.15, 0.2) is 0 Å². The number of benzene rings is 1. The Labute approximate surface area is 103 Å². The number of unbranched alkanes of at least 4 members (excludes halogenated alkanes) is 1. The molecule has 0 N–H and O–H groups in total. The molecule has 0 spiro atoms. The van der Waals surface area contributed by atoms with E-state index < -0.39 is 0 Å². The van der Waals surface area contributed by atoms with Crippen LogP contribution in [0.15, 0.2) is 24.3 Å². The number of rotatable bonds is 6. The van der Waals surface area contributed by atoms with Crippen LogP contribution < -0.4 is 4.90 Å². The fourth-order valence-corrected chi connectivity index (χ4v) is 1.81. The van der Waals surface area contributed by atoms with Crippen LogP contribution in [0.1, 0.15) is 32.3 Å². The summed E-state index contributed by atoms with van der Waals surface area (Å²) < 4.78 is 5.08. The van der Waals surface area contributed by atoms with Gasteiger partial charge < -0.3 is 4.74 Å². The van der Waals surface area contributed by atoms with Crippen LogP contribution in [-0.2, 0) is 16.0 Å². The second-order valence-electron chi connectivity index (χ2n) is 4.10. The number of nitrogens with zero attached hydrogens (tertiary/aromatic N) is 1. The van der Waals surface area contributed by atoms with Gasteiger partial charge in [0, 0.05) is 19.7 Å². The Morgan fingerprint density at radius 3 is 2.65 bits per heavy atom. The molecule has 94 valence electrons. The normalized spacial score (nSPS) is 10.3. The molecule has 0 saturated carbocycles. The quantitative estimate of drug-likeness (QED) is 0.709. The number of ether oxygens (including phenoxy) is 1. The Balaban J connectivity index is 2.96. The SMILES string of the molecule is CCCCc1ccccc1N(COC)C(C)=O. The molecule has 0 aliphatic carbocycles. The molecule has 0 atom stereocenters. The number of amides is 1. The average Bonchev–Trinajstić information content (AvgIpc) is 2.33. The largest absolute Gasteiger partial charge is 0.364 e. The lowest BCUT2D eigenvalue weighted by Gasteiger charge is -2.23. The molecule has 17 heavy (non-hydrogen) atoms. The number of hydrogen-bond donors (Lipinski definition) is 0. The molecule has 0 heterocycles. The Hall–Kier alpha value is -1.35. The highest BCUT2D eigenvalue weighted by Gasteiger charge is 2.14. The van der Waals surface area contributed by atoms with E-state index >= 15 is 0 Å². The third-order valence-electron chi connectivity index (χ3n) is 2.72. The van der Waals surface area contributed by atoms with Gasteiger partial charge in [0.1, 0.15) is 6.73 Å². The topological polar surface area (TPSA) is 29.5 Å². The van der Waals surface area contributed by atoms with Crippen LogP contribution in [0.4, 0.5) is 5.69 Å². The standard InChI is InChI=1S/C14H21NO2/c1-4-5-8-13-9-6-7-10-14(13)15(11-17-3)12(2)16/h6-7,9-10H,4-5,8,11H2,1-3H3. The molecule has 1 amide bonds. The van der Waals surface area contributed by atoms with Gasteiger partial charge in [-0.25, -0.2) is 0 Å². The van der Waals surface area contributed by atoms with Gasteiger partial charge >= 0.3 is 0 Å². The Kier molecular flexibility index (Phi) is 5.70. The van der Waals surface area contributed by atoms with Crippen LogP contribution in [0.2, 0.25) is 0 Å². The van der Waals surface area contributed by atoms with Crippen molar-refractivity contribution in [1.29, 1.82) is 0 Å². The Bertz CT molecular complexity index is 363. The Morgan fingerprint density at radius 1 is 1.35 bits per heavy atom. The van der Waals surface area contributed by atoms with Gasteiger partial charge in [-0.05, 0) is 24.5 Å². The minimum atomic E-state index is 0.01000. The van der Waals surface area contributed by atoms with E-state index in [1.165, 1.54) is 5.56 Å². The van der Waals surface area contributed by atoms with Crippen LogP contribution >= 0.6 is 0 Å². The van der Waals surface area contributed by atoms with Crippen molar-refractivity contribution in [1.82, 2.24) is 0 Å². The first kappa shape index (κ1) is 13.7. The van der Waals surface area contributed by atoms with Gasteiger partial charge in [-0.2, -0.15) is 0 Å². The highest BCUT2D eigenvalue weighted by molar-refractivity contribution is 5.92. The maximum atomic E-state index is 11.6. The molecule has 1 aromatic carbocycles. The van der Waals surface area contributed by atoms with E-state index in [1.807, 2.05) is 18.2 Å². The summed E-state index contributed by atoms with van der Waals surface area (Å²) in [5.41, 5.74) is 2.18. The van der Waals surface area contributed by atoms with Gasteiger partial charge in [0.05, 0.1) is 0 Å². The molecule has 1 aromatic rings. The summed E-state index contributed by atoms with van der Waals surface area (Å²) in [5, 5.41) is 0. The van der Waals surface area contributed by atoms with Crippen LogP contribution in [0.5, 0.6) is 0 Å². The summed E-state index contributed by atoms with van der Waals surface area (Å²) in [5.74, 6) is 0.01000. The van der Waals surface area contributed by atoms with E-state index in [0.29, 0.717) is 6.73 Å². The van der Waals surface area contributed by atoms with Crippen LogP contribution in [0.3, 0.4) is 0 Å². The molecule has 3 heteroatoms. The third-order valence-corrected chi connectivity index (χ3v) is 2.72. The third kappa shape index (κ3) is 3.86. The average molecular weight is 235 g/mol. The summed E-state index contributed by atoms with van der Waals surface area (Å²) in [6.07, 6.45) is 3.29. The van der Waals surface area contributed by atoms with Gasteiger partial charge in [-0.1, -0.05) is 31.5 Å². The first-order chi connectivity index (χ1) is 8.20. The molecule has 1 rings (SSSR count). The second kappa shape index (κ2) is 7.07. The molecule has 0 aromatic heterocycles. The van der Waals surface area contributed by atoms with Crippen LogP contribution in [0, 0.1) is 0 Å². The van der Waals surface area contributed by atoms with E-state index in [1.54, 1.807) is 18.9 Å². The van der Waals surface area contributed by atoms with E-state index in [4.69, 9.17) is 4.74 Å². The second-order valence-corrected chi connectivity index (χ2v) is 4.10. The molecule has 0 saturated heterocycles. The minimum Gasteiger partial charge on any atom is -0.364 e. The van der Waals surface area contributed by atoms with E-state index in [0.717, 1.165) is 24.9 Å². The van der Waals surface area contributed by atoms with Gasteiger partial charge in [-0.15, -0.1) is 0 Å². The predicted octanol–water partition coefficient (Wildman–Crippen LogP) is 2.99. The number of carbonyl (C=O) groups excluding carboxylic acids is 1. The number of aryl methyl sites for hydroxylation is 1. The Morgan fingerprint density at radius 2 is 2.06 bits per heavy atom. The number of methoxy groups -OCH3 is 1. The molecule has 3 nitrogen and oxygen atoms in total. The zero-order chi connectivity index (χ0) is 12.7. The van der Waals surface area contributed by atoms with Gasteiger partial charge in [-0.3, -0.25) is 9.69 Å². The molecule has 0 aliphatic heterocycles. The predicted molar refractivity (Wildman–Crippen MR) is 70.1 cm³/mol. The van der Waals surface area contributed by atoms with Crippen molar-refractivity contribution in [2.75, 3.05) is 18.7 Å². The number of para-hydroxylation sites is 1. The maximum absolute atomic E-state index is 11.6. The van der Waals surface area contributed by atoms with Crippen molar-refractivity contribution < 1.29 is 9.53 Å². The van der Waals surface area contributed by atoms with Crippen molar-refractivity contribution in [2.24, 2.45) is 0 Å². The molecule has 0 unspecified atom stereocenters. The van der Waals surface area contributed by atoms with E-state index in [9.17, 15) is 4.79 Å². The van der Waals surface area contributed by atoms with Gasteiger partial charge in [0.25, 0.3) is 0 Å². The van der Waals surface area contributed by atoms with Crippen molar-refractivity contribution in [3.63, 3.8) is 0 Å². The molecular formula is C14H21NO2.